The summed E-state index contributed by atoms with van der Waals surface area (Å²) in [5, 5.41) is 2.78. The van der Waals surface area contributed by atoms with Gasteiger partial charge in [-0.25, -0.2) is 4.68 Å². The molecule has 6 heteroatoms. The first-order chi connectivity index (χ1) is 6.20. The van der Waals surface area contributed by atoms with Gasteiger partial charge in [0.15, 0.2) is 5.69 Å². The lowest BCUT2D eigenvalue weighted by atomic mass is 10.4. The number of carbonyl (C=O) groups is 1. The number of nitrogens with zero attached hydrogens (tertiary/aromatic N) is 2. The monoisotopic (exact) mass is 204 g/mol. The van der Waals surface area contributed by atoms with E-state index in [1.165, 1.54) is 4.68 Å². The van der Waals surface area contributed by atoms with Crippen LogP contribution in [0.25, 0.3) is 0 Å². The number of hydrogen-bond donors (Lipinski definition) is 0. The lowest BCUT2D eigenvalue weighted by Gasteiger charge is -2.13. The lowest BCUT2D eigenvalue weighted by Crippen LogP contribution is -2.15. The molecule has 0 spiro atoms. The van der Waals surface area contributed by atoms with Crippen molar-refractivity contribution in [1.29, 1.82) is 0 Å². The summed E-state index contributed by atoms with van der Waals surface area (Å²) in [7, 11) is 0. The quantitative estimate of drug-likeness (QED) is 0.646. The second-order valence-corrected chi connectivity index (χ2v) is 3.01. The average molecular weight is 205 g/mol. The van der Waals surface area contributed by atoms with Gasteiger partial charge in [0.1, 0.15) is 0 Å². The summed E-state index contributed by atoms with van der Waals surface area (Å²) in [5.74, 6) is -0.755. The normalized spacial score (nSPS) is 14.9. The fraction of sp³-hybridized carbons (Fsp3) is 0.429. The van der Waals surface area contributed by atoms with E-state index < -0.39 is 11.1 Å². The van der Waals surface area contributed by atoms with Crippen molar-refractivity contribution in [2.75, 3.05) is 6.61 Å². The van der Waals surface area contributed by atoms with Crippen LogP contribution in [0.15, 0.2) is 0 Å². The highest BCUT2D eigenvalue weighted by Crippen LogP contribution is 2.24. The first-order valence-electron chi connectivity index (χ1n) is 3.79. The Morgan fingerprint density at radius 3 is 3.08 bits per heavy atom. The SMILES string of the molecule is O=C(Cl)c1nn2c(c1F)OCCC2. The molecule has 1 aromatic rings. The highest BCUT2D eigenvalue weighted by molar-refractivity contribution is 6.67. The Bertz CT molecular complexity index is 364. The highest BCUT2D eigenvalue weighted by Gasteiger charge is 2.25. The number of carbonyl (C=O) groups excluding carboxylic acids is 1. The van der Waals surface area contributed by atoms with Crippen molar-refractivity contribution in [1.82, 2.24) is 9.78 Å². The van der Waals surface area contributed by atoms with Crippen molar-refractivity contribution in [3.8, 4) is 5.88 Å². The van der Waals surface area contributed by atoms with Crippen LogP contribution in [0.3, 0.4) is 0 Å². The van der Waals surface area contributed by atoms with Crippen molar-refractivity contribution in [2.24, 2.45) is 0 Å². The minimum Gasteiger partial charge on any atom is -0.476 e. The van der Waals surface area contributed by atoms with E-state index >= 15 is 0 Å². The maximum absolute atomic E-state index is 13.3. The maximum atomic E-state index is 13.3. The summed E-state index contributed by atoms with van der Waals surface area (Å²) < 4.78 is 19.6. The van der Waals surface area contributed by atoms with Gasteiger partial charge < -0.3 is 4.74 Å². The molecule has 0 radical (unpaired) electrons. The highest BCUT2D eigenvalue weighted by atomic mass is 35.5. The van der Waals surface area contributed by atoms with Gasteiger partial charge in [-0.15, -0.1) is 0 Å². The minimum atomic E-state index is -0.900. The van der Waals surface area contributed by atoms with Gasteiger partial charge in [0, 0.05) is 13.0 Å². The first-order valence-corrected chi connectivity index (χ1v) is 4.17. The Hall–Kier alpha value is -1.10. The predicted molar refractivity (Wildman–Crippen MR) is 42.5 cm³/mol. The van der Waals surface area contributed by atoms with E-state index in [1.807, 2.05) is 0 Å². The number of halogens is 2. The van der Waals surface area contributed by atoms with E-state index in [2.05, 4.69) is 5.10 Å². The van der Waals surface area contributed by atoms with Crippen molar-refractivity contribution < 1.29 is 13.9 Å². The van der Waals surface area contributed by atoms with Gasteiger partial charge in [-0.05, 0) is 11.6 Å². The summed E-state index contributed by atoms with van der Waals surface area (Å²) >= 11 is 5.12. The number of aromatic nitrogens is 2. The van der Waals surface area contributed by atoms with Crippen molar-refractivity contribution >= 4 is 16.8 Å². The summed E-state index contributed by atoms with van der Waals surface area (Å²) in [6, 6.07) is 0. The Labute approximate surface area is 78.2 Å². The van der Waals surface area contributed by atoms with Crippen LogP contribution >= 0.6 is 11.6 Å². The largest absolute Gasteiger partial charge is 0.476 e. The Morgan fingerprint density at radius 2 is 2.46 bits per heavy atom. The third-order valence-corrected chi connectivity index (χ3v) is 1.97. The molecule has 4 nitrogen and oxygen atoms in total. The van der Waals surface area contributed by atoms with E-state index in [4.69, 9.17) is 16.3 Å². The zero-order valence-electron chi connectivity index (χ0n) is 6.59. The molecule has 0 saturated carbocycles. The molecule has 13 heavy (non-hydrogen) atoms. The van der Waals surface area contributed by atoms with Crippen LogP contribution in [-0.4, -0.2) is 21.6 Å². The smallest absolute Gasteiger partial charge is 0.275 e. The molecule has 1 aliphatic rings. The van der Waals surface area contributed by atoms with Crippen LogP contribution in [0.5, 0.6) is 5.88 Å². The number of ether oxygens (including phenoxy) is 1. The molecule has 0 saturated heterocycles. The summed E-state index contributed by atoms with van der Waals surface area (Å²) in [6.07, 6.45) is 0.754. The topological polar surface area (TPSA) is 44.1 Å². The van der Waals surface area contributed by atoms with Crippen molar-refractivity contribution in [3.63, 3.8) is 0 Å². The molecule has 0 aliphatic carbocycles. The average Bonchev–Trinajstić information content (AvgIpc) is 2.45. The van der Waals surface area contributed by atoms with Crippen LogP contribution in [0.2, 0.25) is 0 Å². The van der Waals surface area contributed by atoms with E-state index in [0.29, 0.717) is 13.2 Å². The molecule has 2 rings (SSSR count). The van der Waals surface area contributed by atoms with Crippen LogP contribution in [0.1, 0.15) is 16.9 Å². The Morgan fingerprint density at radius 1 is 1.69 bits per heavy atom. The molecule has 0 fully saturated rings. The number of fused-ring (bicyclic) bond motifs is 1. The van der Waals surface area contributed by atoms with Gasteiger partial charge in [-0.3, -0.25) is 4.79 Å². The van der Waals surface area contributed by atoms with E-state index in [-0.39, 0.29) is 11.6 Å². The first kappa shape index (κ1) is 8.50. The molecule has 1 aliphatic heterocycles. The lowest BCUT2D eigenvalue weighted by molar-refractivity contribution is 0.107. The second-order valence-electron chi connectivity index (χ2n) is 2.67. The van der Waals surface area contributed by atoms with E-state index in [9.17, 15) is 9.18 Å². The zero-order valence-corrected chi connectivity index (χ0v) is 7.34. The van der Waals surface area contributed by atoms with E-state index in [0.717, 1.165) is 6.42 Å². The minimum absolute atomic E-state index is 0.00949. The summed E-state index contributed by atoms with van der Waals surface area (Å²) in [5.41, 5.74) is -0.362. The Balaban J connectivity index is 2.50. The van der Waals surface area contributed by atoms with Gasteiger partial charge in [-0.1, -0.05) is 0 Å². The summed E-state index contributed by atoms with van der Waals surface area (Å²) in [4.78, 5) is 10.7. The molecule has 0 N–H and O–H groups in total. The Kier molecular flexibility index (Phi) is 1.95. The molecular weight excluding hydrogens is 199 g/mol. The number of hydrogen-bond acceptors (Lipinski definition) is 3. The molecule has 70 valence electrons. The van der Waals surface area contributed by atoms with Crippen molar-refractivity contribution in [2.45, 2.75) is 13.0 Å². The van der Waals surface area contributed by atoms with Gasteiger partial charge >= 0.3 is 0 Å². The van der Waals surface area contributed by atoms with Gasteiger partial charge in [-0.2, -0.15) is 9.49 Å². The third-order valence-electron chi connectivity index (χ3n) is 1.79. The molecule has 0 bridgehead atoms. The van der Waals surface area contributed by atoms with Crippen LogP contribution < -0.4 is 4.74 Å². The predicted octanol–water partition coefficient (Wildman–Crippen LogP) is 1.18. The van der Waals surface area contributed by atoms with Crippen molar-refractivity contribution in [3.05, 3.63) is 11.5 Å². The molecule has 2 heterocycles. The maximum Gasteiger partial charge on any atom is 0.275 e. The standard InChI is InChI=1S/C7H6ClFN2O2/c8-6(12)5-4(9)7-11(10-5)2-1-3-13-7/h1-3H2. The van der Waals surface area contributed by atoms with Crippen LogP contribution in [0.4, 0.5) is 4.39 Å². The molecule has 0 unspecified atom stereocenters. The molecular formula is C7H6ClFN2O2. The fourth-order valence-corrected chi connectivity index (χ4v) is 1.34. The summed E-state index contributed by atoms with van der Waals surface area (Å²) in [6.45, 7) is 0.995. The number of aryl methyl sites for hydroxylation is 1. The number of rotatable bonds is 1. The van der Waals surface area contributed by atoms with Gasteiger partial charge in [0.25, 0.3) is 5.24 Å². The molecule has 0 amide bonds. The van der Waals surface area contributed by atoms with Crippen LogP contribution in [0, 0.1) is 5.82 Å². The van der Waals surface area contributed by atoms with Gasteiger partial charge in [0.05, 0.1) is 6.61 Å². The molecule has 0 atom stereocenters. The van der Waals surface area contributed by atoms with Crippen LogP contribution in [-0.2, 0) is 6.54 Å². The molecule has 0 aromatic carbocycles. The molecule has 1 aromatic heterocycles. The third kappa shape index (κ3) is 1.29. The zero-order chi connectivity index (χ0) is 9.42. The van der Waals surface area contributed by atoms with E-state index in [1.54, 1.807) is 0 Å². The fourth-order valence-electron chi connectivity index (χ4n) is 1.22. The van der Waals surface area contributed by atoms with Gasteiger partial charge in [0.2, 0.25) is 11.7 Å². The second kappa shape index (κ2) is 2.99.